The molecule has 18 heavy (non-hydrogen) atoms. The molecule has 1 fully saturated rings. The number of hydrogen-bond donors (Lipinski definition) is 0. The number of aromatic nitrogens is 1. The Morgan fingerprint density at radius 2 is 2.33 bits per heavy atom. The molecule has 1 aromatic rings. The molecule has 0 radical (unpaired) electrons. The Hall–Kier alpha value is -1.64. The molecule has 1 saturated heterocycles. The Morgan fingerprint density at radius 1 is 1.61 bits per heavy atom. The molecule has 0 atom stereocenters. The Bertz CT molecular complexity index is 537. The number of amides is 1. The number of rotatable bonds is 1. The molecule has 94 valence electrons. The molecule has 0 bridgehead atoms. The van der Waals surface area contributed by atoms with Gasteiger partial charge in [0.25, 0.3) is 5.91 Å². The number of halogens is 1. The lowest BCUT2D eigenvalue weighted by atomic mass is 10.1. The molecule has 5 nitrogen and oxygen atoms in total. The Labute approximate surface area is 110 Å². The highest BCUT2D eigenvalue weighted by Crippen LogP contribution is 2.32. The van der Waals surface area contributed by atoms with E-state index in [1.807, 2.05) is 6.07 Å². The lowest BCUT2D eigenvalue weighted by Gasteiger charge is -2.37. The molecule has 0 unspecified atom stereocenters. The van der Waals surface area contributed by atoms with Crippen LogP contribution in [0.2, 0.25) is 5.02 Å². The van der Waals surface area contributed by atoms with E-state index in [2.05, 4.69) is 4.98 Å². The van der Waals surface area contributed by atoms with Gasteiger partial charge in [-0.2, -0.15) is 5.26 Å². The Morgan fingerprint density at radius 3 is 3.00 bits per heavy atom. The zero-order valence-corrected chi connectivity index (χ0v) is 10.9. The molecule has 1 aromatic heterocycles. The number of ether oxygens (including phenoxy) is 1. The van der Waals surface area contributed by atoms with Crippen LogP contribution in [0.3, 0.4) is 0 Å². The predicted octanol–water partition coefficient (Wildman–Crippen LogP) is 1.75. The maximum atomic E-state index is 12.3. The van der Waals surface area contributed by atoms with Crippen molar-refractivity contribution in [3.63, 3.8) is 0 Å². The maximum Gasteiger partial charge on any atom is 0.258 e. The smallest absolute Gasteiger partial charge is 0.258 e. The molecule has 6 heteroatoms. The van der Waals surface area contributed by atoms with Crippen molar-refractivity contribution in [3.05, 3.63) is 23.0 Å². The minimum atomic E-state index is -0.913. The zero-order chi connectivity index (χ0) is 13.3. The van der Waals surface area contributed by atoms with E-state index < -0.39 is 5.60 Å². The van der Waals surface area contributed by atoms with Gasteiger partial charge in [0.1, 0.15) is 11.7 Å². The van der Waals surface area contributed by atoms with Crippen LogP contribution in [0.1, 0.15) is 19.5 Å². The summed E-state index contributed by atoms with van der Waals surface area (Å²) in [5.74, 6) is -0.222. The first-order valence-electron chi connectivity index (χ1n) is 5.48. The fourth-order valence-electron chi connectivity index (χ4n) is 1.86. The van der Waals surface area contributed by atoms with Crippen molar-refractivity contribution in [2.45, 2.75) is 19.4 Å². The molecule has 0 aliphatic carbocycles. The number of carbonyl (C=O) groups is 1. The summed E-state index contributed by atoms with van der Waals surface area (Å²) in [6.07, 6.45) is 1.44. The Kier molecular flexibility index (Phi) is 3.24. The second kappa shape index (κ2) is 4.56. The van der Waals surface area contributed by atoms with Gasteiger partial charge < -0.3 is 9.64 Å². The van der Waals surface area contributed by atoms with E-state index in [9.17, 15) is 4.79 Å². The molecule has 0 N–H and O–H groups in total. The molecule has 0 aromatic carbocycles. The Balaban J connectivity index is 2.50. The summed E-state index contributed by atoms with van der Waals surface area (Å²) in [5.41, 5.74) is -0.402. The summed E-state index contributed by atoms with van der Waals surface area (Å²) in [5, 5.41) is 9.39. The quantitative estimate of drug-likeness (QED) is 0.776. The number of carbonyl (C=O) groups excluding carboxylic acids is 1. The van der Waals surface area contributed by atoms with Crippen LogP contribution in [0.4, 0.5) is 5.69 Å². The van der Waals surface area contributed by atoms with Crippen molar-refractivity contribution < 1.29 is 9.53 Å². The van der Waals surface area contributed by atoms with Crippen LogP contribution in [0, 0.1) is 11.3 Å². The topological polar surface area (TPSA) is 66.2 Å². The average Bonchev–Trinajstić information content (AvgIpc) is 2.33. The van der Waals surface area contributed by atoms with E-state index in [-0.39, 0.29) is 11.6 Å². The molecule has 2 rings (SSSR count). The van der Waals surface area contributed by atoms with Gasteiger partial charge in [0.2, 0.25) is 0 Å². The van der Waals surface area contributed by atoms with Crippen LogP contribution in [0.25, 0.3) is 0 Å². The van der Waals surface area contributed by atoms with Crippen molar-refractivity contribution in [2.75, 3.05) is 18.1 Å². The monoisotopic (exact) mass is 265 g/mol. The summed E-state index contributed by atoms with van der Waals surface area (Å²) < 4.78 is 5.41. The van der Waals surface area contributed by atoms with E-state index in [1.54, 1.807) is 19.9 Å². The standard InChI is InChI=1S/C12H12ClN3O2/c1-12(2)11(17)16(5-6-18-12)10-8(13)3-4-15-9(10)7-14/h3-4H,5-6H2,1-2H3. The van der Waals surface area contributed by atoms with E-state index in [0.29, 0.717) is 23.9 Å². The average molecular weight is 266 g/mol. The highest BCUT2D eigenvalue weighted by molar-refractivity contribution is 6.34. The van der Waals surface area contributed by atoms with E-state index in [1.165, 1.54) is 11.1 Å². The van der Waals surface area contributed by atoms with Crippen molar-refractivity contribution >= 4 is 23.2 Å². The third-order valence-electron chi connectivity index (χ3n) is 2.79. The first kappa shape index (κ1) is 12.8. The van der Waals surface area contributed by atoms with Crippen LogP contribution in [0.15, 0.2) is 12.3 Å². The van der Waals surface area contributed by atoms with E-state index >= 15 is 0 Å². The van der Waals surface area contributed by atoms with Crippen molar-refractivity contribution in [1.82, 2.24) is 4.98 Å². The summed E-state index contributed by atoms with van der Waals surface area (Å²) >= 11 is 6.07. The molecular weight excluding hydrogens is 254 g/mol. The molecule has 0 saturated carbocycles. The predicted molar refractivity (Wildman–Crippen MR) is 66.3 cm³/mol. The largest absolute Gasteiger partial charge is 0.364 e. The number of nitriles is 1. The van der Waals surface area contributed by atoms with Gasteiger partial charge in [0.15, 0.2) is 5.69 Å². The fourth-order valence-corrected chi connectivity index (χ4v) is 2.11. The van der Waals surface area contributed by atoms with Gasteiger partial charge in [-0.1, -0.05) is 11.6 Å². The van der Waals surface area contributed by atoms with Crippen molar-refractivity contribution in [3.8, 4) is 6.07 Å². The number of morpholine rings is 1. The normalized spacial score (nSPS) is 18.6. The second-order valence-electron chi connectivity index (χ2n) is 4.42. The van der Waals surface area contributed by atoms with Crippen molar-refractivity contribution in [2.24, 2.45) is 0 Å². The molecular formula is C12H12ClN3O2. The zero-order valence-electron chi connectivity index (χ0n) is 10.1. The van der Waals surface area contributed by atoms with Gasteiger partial charge >= 0.3 is 0 Å². The first-order valence-corrected chi connectivity index (χ1v) is 5.85. The maximum absolute atomic E-state index is 12.3. The summed E-state index contributed by atoms with van der Waals surface area (Å²) in [7, 11) is 0. The lowest BCUT2D eigenvalue weighted by molar-refractivity contribution is -0.144. The number of hydrogen-bond acceptors (Lipinski definition) is 4. The van der Waals surface area contributed by atoms with Gasteiger partial charge in [-0.15, -0.1) is 0 Å². The molecule has 1 amide bonds. The molecule has 1 aliphatic heterocycles. The first-order chi connectivity index (χ1) is 8.47. The summed E-state index contributed by atoms with van der Waals surface area (Å²) in [4.78, 5) is 17.7. The van der Waals surface area contributed by atoms with Crippen LogP contribution >= 0.6 is 11.6 Å². The molecule has 2 heterocycles. The van der Waals surface area contributed by atoms with Gasteiger partial charge in [-0.25, -0.2) is 4.98 Å². The number of nitrogens with zero attached hydrogens (tertiary/aromatic N) is 3. The SMILES string of the molecule is CC1(C)OCCN(c2c(Cl)ccnc2C#N)C1=O. The summed E-state index contributed by atoms with van der Waals surface area (Å²) in [6.45, 7) is 4.15. The highest BCUT2D eigenvalue weighted by atomic mass is 35.5. The molecule has 0 spiro atoms. The fraction of sp³-hybridized carbons (Fsp3) is 0.417. The number of anilines is 1. The number of pyridine rings is 1. The second-order valence-corrected chi connectivity index (χ2v) is 4.82. The van der Waals surface area contributed by atoms with Crippen LogP contribution in [-0.2, 0) is 9.53 Å². The van der Waals surface area contributed by atoms with Gasteiger partial charge in [0.05, 0.1) is 17.3 Å². The van der Waals surface area contributed by atoms with Crippen molar-refractivity contribution in [1.29, 1.82) is 5.26 Å². The minimum Gasteiger partial charge on any atom is -0.364 e. The van der Waals surface area contributed by atoms with Gasteiger partial charge in [-0.3, -0.25) is 4.79 Å². The van der Waals surface area contributed by atoms with Crippen LogP contribution in [-0.4, -0.2) is 29.6 Å². The minimum absolute atomic E-state index is 0.147. The van der Waals surface area contributed by atoms with Gasteiger partial charge in [-0.05, 0) is 19.9 Å². The van der Waals surface area contributed by atoms with Gasteiger partial charge in [0, 0.05) is 12.7 Å². The lowest BCUT2D eigenvalue weighted by Crippen LogP contribution is -2.54. The van der Waals surface area contributed by atoms with Crippen LogP contribution in [0.5, 0.6) is 0 Å². The van der Waals surface area contributed by atoms with E-state index in [0.717, 1.165) is 0 Å². The van der Waals surface area contributed by atoms with Crippen LogP contribution < -0.4 is 4.90 Å². The van der Waals surface area contributed by atoms with E-state index in [4.69, 9.17) is 21.6 Å². The third-order valence-corrected chi connectivity index (χ3v) is 3.09. The highest BCUT2D eigenvalue weighted by Gasteiger charge is 2.39. The third kappa shape index (κ3) is 2.05. The summed E-state index contributed by atoms with van der Waals surface area (Å²) in [6, 6.07) is 3.51. The molecule has 1 aliphatic rings.